The molecule has 0 aliphatic carbocycles. The van der Waals surface area contributed by atoms with Gasteiger partial charge in [-0.2, -0.15) is 0 Å². The van der Waals surface area contributed by atoms with Crippen LogP contribution in [0.3, 0.4) is 0 Å². The zero-order valence-electron chi connectivity index (χ0n) is 28.8. The lowest BCUT2D eigenvalue weighted by Gasteiger charge is -2.06. The molecule has 0 bridgehead atoms. The Hall–Kier alpha value is -4.48. The number of aliphatic hydroxyl groups is 2. The summed E-state index contributed by atoms with van der Waals surface area (Å²) in [6.07, 6.45) is 4.65. The Morgan fingerprint density at radius 1 is 0.654 bits per heavy atom. The van der Waals surface area contributed by atoms with Gasteiger partial charge in [0.1, 0.15) is 42.0 Å². The first-order valence-corrected chi connectivity index (χ1v) is 16.2. The van der Waals surface area contributed by atoms with E-state index in [1.54, 1.807) is 12.1 Å². The first-order valence-electron chi connectivity index (χ1n) is 16.2. The Kier molecular flexibility index (Phi) is 26.9. The molecule has 0 radical (unpaired) electrons. The standard InChI is InChI=1S/C9H11NO3.3C5H9NO2.C4H9NO3.C3H7NO3/c10-8(9(12)13)5-6-1-3-7(11)4-2-6;3*7-5(8)4-2-1-3-6-4;1-2(6)3(5)4(7)8;4-2(1-5)3(6)7/h1-4,8,11H,5,10H2,(H,12,13);3*4,6H,1-3H2,(H,7,8);2-3,6H,5H2,1H3,(H,7,8);2,5H,1,4H2,(H,6,7)/t8-;3*4-;2-,3+;2-/m000010/s1. The molecular weight excluding hydrogens is 696 g/mol. The zero-order valence-corrected chi connectivity index (χ0v) is 28.8. The minimum absolute atomic E-state index is 0.160. The van der Waals surface area contributed by atoms with Crippen molar-refractivity contribution in [2.45, 2.75) is 94.2 Å². The van der Waals surface area contributed by atoms with E-state index < -0.39 is 66.7 Å². The topological polar surface area (TPSA) is 399 Å². The molecule has 3 heterocycles. The Labute approximate surface area is 299 Å². The zero-order chi connectivity index (χ0) is 40.4. The normalized spacial score (nSPS) is 20.6. The number of phenolic OH excluding ortho intramolecular Hbond substituents is 1. The summed E-state index contributed by atoms with van der Waals surface area (Å²) < 4.78 is 0. The number of hydrogen-bond donors (Lipinski definition) is 15. The van der Waals surface area contributed by atoms with Gasteiger partial charge in [-0.15, -0.1) is 0 Å². The molecule has 3 aliphatic heterocycles. The highest BCUT2D eigenvalue weighted by atomic mass is 16.4. The van der Waals surface area contributed by atoms with Crippen molar-refractivity contribution in [3.05, 3.63) is 29.8 Å². The van der Waals surface area contributed by atoms with Crippen LogP contribution in [0.15, 0.2) is 24.3 Å². The van der Waals surface area contributed by atoms with E-state index in [2.05, 4.69) is 16.0 Å². The van der Waals surface area contributed by atoms with E-state index in [1.807, 2.05) is 0 Å². The molecule has 18 N–H and O–H groups in total. The lowest BCUT2D eigenvalue weighted by molar-refractivity contribution is -0.141. The van der Waals surface area contributed by atoms with Crippen LogP contribution in [0, 0.1) is 0 Å². The number of phenols is 1. The molecule has 3 fully saturated rings. The predicted molar refractivity (Wildman–Crippen MR) is 183 cm³/mol. The highest BCUT2D eigenvalue weighted by Crippen LogP contribution is 2.11. The van der Waals surface area contributed by atoms with Crippen LogP contribution in [-0.4, -0.2) is 150 Å². The molecule has 0 unspecified atom stereocenters. The van der Waals surface area contributed by atoms with Gasteiger partial charge in [-0.25, -0.2) is 0 Å². The van der Waals surface area contributed by atoms with Gasteiger partial charge in [0, 0.05) is 0 Å². The number of carboxylic acids is 6. The summed E-state index contributed by atoms with van der Waals surface area (Å²) in [4.78, 5) is 60.3. The molecule has 52 heavy (non-hydrogen) atoms. The average Bonchev–Trinajstić information content (AvgIpc) is 3.91. The van der Waals surface area contributed by atoms with Crippen LogP contribution in [0.2, 0.25) is 0 Å². The number of nitrogens with two attached hydrogens (primary N) is 3. The number of carboxylic acid groups (broad SMARTS) is 6. The fourth-order valence-electron chi connectivity index (χ4n) is 3.94. The monoisotopic (exact) mass is 750 g/mol. The molecular formula is C31H54N6O15. The third-order valence-electron chi connectivity index (χ3n) is 7.10. The van der Waals surface area contributed by atoms with E-state index in [4.69, 9.17) is 63.2 Å². The highest BCUT2D eigenvalue weighted by molar-refractivity contribution is 5.75. The minimum Gasteiger partial charge on any atom is -0.508 e. The number of benzene rings is 1. The first-order chi connectivity index (χ1) is 24.2. The summed E-state index contributed by atoms with van der Waals surface area (Å²) in [5.74, 6) is -5.38. The molecule has 21 nitrogen and oxygen atoms in total. The molecule has 1 aromatic carbocycles. The Bertz CT molecular complexity index is 1120. The van der Waals surface area contributed by atoms with Crippen LogP contribution < -0.4 is 33.2 Å². The van der Waals surface area contributed by atoms with Crippen molar-refractivity contribution < 1.29 is 74.7 Å². The number of hydrogen-bond acceptors (Lipinski definition) is 15. The van der Waals surface area contributed by atoms with Gasteiger partial charge in [0.05, 0.1) is 12.7 Å². The van der Waals surface area contributed by atoms with Crippen LogP contribution in [0.5, 0.6) is 5.75 Å². The van der Waals surface area contributed by atoms with E-state index in [0.29, 0.717) is 0 Å². The van der Waals surface area contributed by atoms with Crippen molar-refractivity contribution in [2.75, 3.05) is 26.2 Å². The molecule has 3 aliphatic rings. The Morgan fingerprint density at radius 3 is 1.15 bits per heavy atom. The molecule has 4 rings (SSSR count). The summed E-state index contributed by atoms with van der Waals surface area (Å²) in [6.45, 7) is 3.40. The second-order valence-electron chi connectivity index (χ2n) is 11.5. The smallest absolute Gasteiger partial charge is 0.323 e. The molecule has 21 heteroatoms. The molecule has 7 atom stereocenters. The number of aromatic hydroxyl groups is 1. The summed E-state index contributed by atoms with van der Waals surface area (Å²) in [6, 6.07) is 2.34. The van der Waals surface area contributed by atoms with Crippen molar-refractivity contribution in [1.29, 1.82) is 0 Å². The molecule has 298 valence electrons. The van der Waals surface area contributed by atoms with Crippen molar-refractivity contribution in [2.24, 2.45) is 17.2 Å². The van der Waals surface area contributed by atoms with E-state index in [-0.39, 0.29) is 30.3 Å². The second-order valence-corrected chi connectivity index (χ2v) is 11.5. The van der Waals surface area contributed by atoms with E-state index in [1.165, 1.54) is 19.1 Å². The molecule has 3 saturated heterocycles. The fraction of sp³-hybridized carbons (Fsp3) is 0.613. The number of carbonyl (C=O) groups is 6. The fourth-order valence-corrected chi connectivity index (χ4v) is 3.94. The van der Waals surface area contributed by atoms with E-state index >= 15 is 0 Å². The van der Waals surface area contributed by atoms with Gasteiger partial charge in [0.25, 0.3) is 0 Å². The first kappa shape index (κ1) is 49.6. The number of nitrogens with one attached hydrogen (secondary N) is 3. The number of aliphatic hydroxyl groups excluding tert-OH is 2. The third kappa shape index (κ3) is 24.6. The lowest BCUT2D eigenvalue weighted by Crippen LogP contribution is -2.39. The second kappa shape index (κ2) is 28.1. The molecule has 0 spiro atoms. The number of aliphatic carboxylic acids is 6. The lowest BCUT2D eigenvalue weighted by atomic mass is 10.1. The maximum Gasteiger partial charge on any atom is 0.323 e. The quantitative estimate of drug-likeness (QED) is 0.113. The van der Waals surface area contributed by atoms with E-state index in [0.717, 1.165) is 63.7 Å². The Balaban J connectivity index is 0. The van der Waals surface area contributed by atoms with Crippen LogP contribution in [0.1, 0.15) is 51.0 Å². The average molecular weight is 751 g/mol. The van der Waals surface area contributed by atoms with Gasteiger partial charge in [-0.3, -0.25) is 28.8 Å². The molecule has 0 amide bonds. The minimum atomic E-state index is -1.18. The van der Waals surface area contributed by atoms with Crippen LogP contribution >= 0.6 is 0 Å². The van der Waals surface area contributed by atoms with Gasteiger partial charge < -0.3 is 79.1 Å². The van der Waals surface area contributed by atoms with Gasteiger partial charge in [-0.05, 0) is 89.2 Å². The van der Waals surface area contributed by atoms with Crippen LogP contribution in [0.25, 0.3) is 0 Å². The summed E-state index contributed by atoms with van der Waals surface area (Å²) in [7, 11) is 0. The Morgan fingerprint density at radius 2 is 1.00 bits per heavy atom. The predicted octanol–water partition coefficient (Wildman–Crippen LogP) is -3.01. The van der Waals surface area contributed by atoms with Crippen LogP contribution in [0.4, 0.5) is 0 Å². The summed E-state index contributed by atoms with van der Waals surface area (Å²) >= 11 is 0. The SMILES string of the molecule is C[C@@H](O)[C@H](N)C(=O)O.N[C@@H](CO)C(=O)O.N[C@@H](Cc1ccc(O)cc1)C(=O)O.O=C(O)[C@@H]1CCCN1.O=C(O)[C@@H]1CCCN1.O=C(O)[C@@H]1CCCN1. The molecule has 1 aromatic rings. The maximum atomic E-state index is 10.4. The van der Waals surface area contributed by atoms with Gasteiger partial charge >= 0.3 is 35.8 Å². The van der Waals surface area contributed by atoms with E-state index in [9.17, 15) is 28.8 Å². The van der Waals surface area contributed by atoms with Crippen molar-refractivity contribution in [3.63, 3.8) is 0 Å². The van der Waals surface area contributed by atoms with Gasteiger partial charge in [-0.1, -0.05) is 12.1 Å². The molecule has 0 saturated carbocycles. The highest BCUT2D eigenvalue weighted by Gasteiger charge is 2.22. The third-order valence-corrected chi connectivity index (χ3v) is 7.10. The maximum absolute atomic E-state index is 10.4. The van der Waals surface area contributed by atoms with Crippen molar-refractivity contribution >= 4 is 35.8 Å². The van der Waals surface area contributed by atoms with Gasteiger partial charge in [0.15, 0.2) is 0 Å². The van der Waals surface area contributed by atoms with Crippen molar-refractivity contribution in [1.82, 2.24) is 16.0 Å². The summed E-state index contributed by atoms with van der Waals surface area (Å²) in [5.41, 5.74) is 15.8. The largest absolute Gasteiger partial charge is 0.508 e. The van der Waals surface area contributed by atoms with Crippen molar-refractivity contribution in [3.8, 4) is 5.75 Å². The molecule has 0 aromatic heterocycles. The summed E-state index contributed by atoms with van der Waals surface area (Å²) in [5, 5.41) is 83.5. The number of rotatable bonds is 10. The van der Waals surface area contributed by atoms with Crippen LogP contribution in [-0.2, 0) is 35.2 Å². The van der Waals surface area contributed by atoms with Gasteiger partial charge in [0.2, 0.25) is 0 Å².